The number of anilines is 1. The van der Waals surface area contributed by atoms with Crippen LogP contribution in [0.1, 0.15) is 51.0 Å². The standard InChI is InChI=1S/C23H31N3O4/c1-3-13-25(15-20(27)24-19-11-7-4-8-16(19)2)21(28)12-14-26-22(29)17-9-5-6-10-18(17)23(26)30/h4,7-8,11,17-18H,3,5-6,9-10,12-15H2,1-2H3,(H,24,27)/t17-,18+. The molecule has 7 heteroatoms. The van der Waals surface area contributed by atoms with Crippen molar-refractivity contribution in [2.45, 2.75) is 52.4 Å². The number of benzene rings is 1. The molecule has 1 saturated carbocycles. The van der Waals surface area contributed by atoms with Gasteiger partial charge in [-0.3, -0.25) is 24.1 Å². The van der Waals surface area contributed by atoms with Gasteiger partial charge in [0.2, 0.25) is 23.6 Å². The summed E-state index contributed by atoms with van der Waals surface area (Å²) in [6, 6.07) is 7.48. The Morgan fingerprint density at radius 3 is 2.33 bits per heavy atom. The molecule has 2 fully saturated rings. The zero-order valence-electron chi connectivity index (χ0n) is 17.9. The predicted octanol–water partition coefficient (Wildman–Crippen LogP) is 2.74. The van der Waals surface area contributed by atoms with E-state index in [0.29, 0.717) is 6.54 Å². The molecule has 2 atom stereocenters. The van der Waals surface area contributed by atoms with Gasteiger partial charge in [-0.1, -0.05) is 38.0 Å². The van der Waals surface area contributed by atoms with E-state index in [9.17, 15) is 19.2 Å². The first-order chi connectivity index (χ1) is 14.4. The summed E-state index contributed by atoms with van der Waals surface area (Å²) in [6.45, 7) is 4.36. The maximum atomic E-state index is 12.8. The van der Waals surface area contributed by atoms with Crippen LogP contribution in [0.5, 0.6) is 0 Å². The summed E-state index contributed by atoms with van der Waals surface area (Å²) in [7, 11) is 0. The van der Waals surface area contributed by atoms with Crippen molar-refractivity contribution in [1.29, 1.82) is 0 Å². The first kappa shape index (κ1) is 22.0. The maximum absolute atomic E-state index is 12.8. The van der Waals surface area contributed by atoms with Gasteiger partial charge in [-0.15, -0.1) is 0 Å². The van der Waals surface area contributed by atoms with Crippen molar-refractivity contribution in [3.8, 4) is 0 Å². The molecule has 0 radical (unpaired) electrons. The van der Waals surface area contributed by atoms with Crippen LogP contribution in [0.4, 0.5) is 5.69 Å². The van der Waals surface area contributed by atoms with Crippen LogP contribution in [0.15, 0.2) is 24.3 Å². The lowest BCUT2D eigenvalue weighted by Gasteiger charge is -2.23. The summed E-state index contributed by atoms with van der Waals surface area (Å²) in [5.74, 6) is -1.13. The molecule has 1 aliphatic carbocycles. The van der Waals surface area contributed by atoms with Gasteiger partial charge in [0, 0.05) is 25.2 Å². The van der Waals surface area contributed by atoms with E-state index in [2.05, 4.69) is 5.32 Å². The molecule has 1 heterocycles. The summed E-state index contributed by atoms with van der Waals surface area (Å²) in [5.41, 5.74) is 1.68. The number of carbonyl (C=O) groups is 4. The summed E-state index contributed by atoms with van der Waals surface area (Å²) in [6.07, 6.45) is 4.26. The Labute approximate surface area is 177 Å². The molecule has 4 amide bonds. The van der Waals surface area contributed by atoms with Crippen LogP contribution in [0.3, 0.4) is 0 Å². The highest BCUT2D eigenvalue weighted by atomic mass is 16.2. The Kier molecular flexibility index (Phi) is 7.24. The number of hydrogen-bond donors (Lipinski definition) is 1. The second-order valence-corrected chi connectivity index (χ2v) is 8.25. The van der Waals surface area contributed by atoms with Crippen LogP contribution in [0.25, 0.3) is 0 Å². The minimum absolute atomic E-state index is 0.0475. The number of amides is 4. The second kappa shape index (κ2) is 9.87. The second-order valence-electron chi connectivity index (χ2n) is 8.25. The molecule has 0 unspecified atom stereocenters. The fourth-order valence-electron chi connectivity index (χ4n) is 4.45. The Hall–Kier alpha value is -2.70. The molecule has 1 N–H and O–H groups in total. The summed E-state index contributed by atoms with van der Waals surface area (Å²) < 4.78 is 0. The Morgan fingerprint density at radius 1 is 1.10 bits per heavy atom. The molecule has 1 aromatic carbocycles. The number of likely N-dealkylation sites (tertiary alicyclic amines) is 1. The number of carbonyl (C=O) groups excluding carboxylic acids is 4. The van der Waals surface area contributed by atoms with Gasteiger partial charge in [-0.2, -0.15) is 0 Å². The van der Waals surface area contributed by atoms with Crippen molar-refractivity contribution in [2.75, 3.05) is 25.0 Å². The van der Waals surface area contributed by atoms with E-state index in [-0.39, 0.29) is 55.0 Å². The van der Waals surface area contributed by atoms with E-state index in [0.717, 1.165) is 43.4 Å². The topological polar surface area (TPSA) is 86.8 Å². The van der Waals surface area contributed by atoms with E-state index < -0.39 is 0 Å². The Bertz CT molecular complexity index is 798. The minimum atomic E-state index is -0.259. The SMILES string of the molecule is CCCN(CC(=O)Nc1ccccc1C)C(=O)CCN1C(=O)[C@H]2CCCC[C@H]2C1=O. The van der Waals surface area contributed by atoms with Crippen molar-refractivity contribution >= 4 is 29.3 Å². The molecule has 7 nitrogen and oxygen atoms in total. The molecule has 0 aromatic heterocycles. The third-order valence-electron chi connectivity index (χ3n) is 6.08. The van der Waals surface area contributed by atoms with Gasteiger partial charge in [0.25, 0.3) is 0 Å². The molecular weight excluding hydrogens is 382 g/mol. The van der Waals surface area contributed by atoms with Crippen molar-refractivity contribution in [1.82, 2.24) is 9.80 Å². The predicted molar refractivity (Wildman–Crippen MR) is 113 cm³/mol. The lowest BCUT2D eigenvalue weighted by atomic mass is 9.81. The van der Waals surface area contributed by atoms with Crippen LogP contribution in [0, 0.1) is 18.8 Å². The smallest absolute Gasteiger partial charge is 0.244 e. The largest absolute Gasteiger partial charge is 0.333 e. The van der Waals surface area contributed by atoms with Crippen LogP contribution < -0.4 is 5.32 Å². The normalized spacial score (nSPS) is 20.8. The Balaban J connectivity index is 1.56. The number of aryl methyl sites for hydroxylation is 1. The van der Waals surface area contributed by atoms with Crippen LogP contribution >= 0.6 is 0 Å². The zero-order valence-corrected chi connectivity index (χ0v) is 17.9. The molecule has 1 aliphatic heterocycles. The molecule has 1 aromatic rings. The average Bonchev–Trinajstić information content (AvgIpc) is 2.98. The molecule has 30 heavy (non-hydrogen) atoms. The van der Waals surface area contributed by atoms with Gasteiger partial charge in [0.05, 0.1) is 18.4 Å². The maximum Gasteiger partial charge on any atom is 0.244 e. The highest BCUT2D eigenvalue weighted by Crippen LogP contribution is 2.38. The number of imide groups is 1. The van der Waals surface area contributed by atoms with E-state index >= 15 is 0 Å². The third-order valence-corrected chi connectivity index (χ3v) is 6.08. The van der Waals surface area contributed by atoms with Crippen molar-refractivity contribution in [3.63, 3.8) is 0 Å². The van der Waals surface area contributed by atoms with Gasteiger partial charge in [-0.25, -0.2) is 0 Å². The summed E-state index contributed by atoms with van der Waals surface area (Å²) in [5, 5.41) is 2.85. The van der Waals surface area contributed by atoms with E-state index in [1.165, 1.54) is 9.80 Å². The quantitative estimate of drug-likeness (QED) is 0.664. The number of para-hydroxylation sites is 1. The van der Waals surface area contributed by atoms with Crippen LogP contribution in [0.2, 0.25) is 0 Å². The molecular formula is C23H31N3O4. The van der Waals surface area contributed by atoms with Crippen LogP contribution in [-0.2, 0) is 19.2 Å². The van der Waals surface area contributed by atoms with Gasteiger partial charge in [0.1, 0.15) is 0 Å². The van der Waals surface area contributed by atoms with Crippen molar-refractivity contribution in [3.05, 3.63) is 29.8 Å². The van der Waals surface area contributed by atoms with E-state index in [4.69, 9.17) is 0 Å². The van der Waals surface area contributed by atoms with Gasteiger partial charge in [0.15, 0.2) is 0 Å². The lowest BCUT2D eigenvalue weighted by molar-refractivity contribution is -0.141. The highest BCUT2D eigenvalue weighted by molar-refractivity contribution is 6.05. The molecule has 1 saturated heterocycles. The Morgan fingerprint density at radius 2 is 1.73 bits per heavy atom. The minimum Gasteiger partial charge on any atom is -0.333 e. The summed E-state index contributed by atoms with van der Waals surface area (Å²) in [4.78, 5) is 53.2. The number of nitrogens with zero attached hydrogens (tertiary/aromatic N) is 2. The number of rotatable bonds is 8. The fraction of sp³-hybridized carbons (Fsp3) is 0.565. The van der Waals surface area contributed by atoms with E-state index in [1.807, 2.05) is 38.1 Å². The van der Waals surface area contributed by atoms with Gasteiger partial charge < -0.3 is 10.2 Å². The zero-order chi connectivity index (χ0) is 21.7. The number of nitrogens with one attached hydrogen (secondary N) is 1. The van der Waals surface area contributed by atoms with Gasteiger partial charge >= 0.3 is 0 Å². The summed E-state index contributed by atoms with van der Waals surface area (Å²) >= 11 is 0. The third kappa shape index (κ3) is 4.89. The molecule has 2 aliphatic rings. The fourth-order valence-corrected chi connectivity index (χ4v) is 4.45. The molecule has 3 rings (SSSR count). The highest BCUT2D eigenvalue weighted by Gasteiger charge is 2.47. The first-order valence-corrected chi connectivity index (χ1v) is 10.9. The van der Waals surface area contributed by atoms with E-state index in [1.54, 1.807) is 0 Å². The molecule has 0 bridgehead atoms. The molecule has 0 spiro atoms. The van der Waals surface area contributed by atoms with Crippen molar-refractivity contribution in [2.24, 2.45) is 11.8 Å². The van der Waals surface area contributed by atoms with Gasteiger partial charge in [-0.05, 0) is 37.8 Å². The van der Waals surface area contributed by atoms with Crippen LogP contribution in [-0.4, -0.2) is 53.1 Å². The van der Waals surface area contributed by atoms with Crippen molar-refractivity contribution < 1.29 is 19.2 Å². The molecule has 162 valence electrons. The first-order valence-electron chi connectivity index (χ1n) is 10.9. The number of hydrogen-bond acceptors (Lipinski definition) is 4. The average molecular weight is 414 g/mol. The number of fused-ring (bicyclic) bond motifs is 1. The lowest BCUT2D eigenvalue weighted by Crippen LogP contribution is -2.41. The monoisotopic (exact) mass is 413 g/mol.